The smallest absolute Gasteiger partial charge is 0.224 e. The van der Waals surface area contributed by atoms with Gasteiger partial charge >= 0.3 is 0 Å². The molecular formula is C40H53N5O5. The van der Waals surface area contributed by atoms with E-state index in [1.54, 1.807) is 12.1 Å². The molecule has 4 atom stereocenters. The zero-order chi connectivity index (χ0) is 34.7. The van der Waals surface area contributed by atoms with Gasteiger partial charge in [0.1, 0.15) is 0 Å². The maximum Gasteiger partial charge on any atom is 0.224 e. The highest BCUT2D eigenvalue weighted by molar-refractivity contribution is 5.93. The van der Waals surface area contributed by atoms with Crippen molar-refractivity contribution in [3.8, 4) is 0 Å². The van der Waals surface area contributed by atoms with Gasteiger partial charge in [0.05, 0.1) is 30.2 Å². The van der Waals surface area contributed by atoms with Gasteiger partial charge in [-0.1, -0.05) is 55.0 Å². The van der Waals surface area contributed by atoms with E-state index >= 15 is 0 Å². The Morgan fingerprint density at radius 1 is 0.780 bits per heavy atom. The average molecular weight is 684 g/mol. The minimum Gasteiger partial charge on any atom is -0.397 e. The minimum absolute atomic E-state index is 0.0115. The second-order valence-electron chi connectivity index (χ2n) is 14.0. The molecular weight excluding hydrogens is 630 g/mol. The van der Waals surface area contributed by atoms with E-state index in [4.69, 9.17) is 15.2 Å². The summed E-state index contributed by atoms with van der Waals surface area (Å²) in [4.78, 5) is 30.2. The molecule has 268 valence electrons. The maximum atomic E-state index is 12.7. The molecule has 0 bridgehead atoms. The Hall–Kier alpha value is -3.80. The number of hydrogen-bond acceptors (Lipinski definition) is 8. The number of nitrogens with two attached hydrogens (primary N) is 1. The van der Waals surface area contributed by atoms with Gasteiger partial charge < -0.3 is 35.8 Å². The van der Waals surface area contributed by atoms with Gasteiger partial charge in [0, 0.05) is 49.6 Å². The van der Waals surface area contributed by atoms with Crippen molar-refractivity contribution in [3.63, 3.8) is 0 Å². The van der Waals surface area contributed by atoms with Crippen LogP contribution < -0.4 is 16.4 Å². The van der Waals surface area contributed by atoms with Gasteiger partial charge in [0.2, 0.25) is 11.8 Å². The molecule has 2 amide bonds. The predicted octanol–water partition coefficient (Wildman–Crippen LogP) is 6.39. The molecule has 3 aromatic rings. The van der Waals surface area contributed by atoms with Crippen LogP contribution in [0.15, 0.2) is 72.8 Å². The number of rotatable bonds is 15. The lowest BCUT2D eigenvalue weighted by molar-refractivity contribution is -0.253. The fourth-order valence-corrected chi connectivity index (χ4v) is 7.42. The van der Waals surface area contributed by atoms with E-state index in [-0.39, 0.29) is 30.6 Å². The lowest BCUT2D eigenvalue weighted by atomic mass is 9.99. The standard InChI is InChI=1S/C40H53N5O5/c41-35-10-4-5-11-36(35)43-39(48)13-3-1-2-12-38(47)42-32-20-18-31(19-21-32)40-49-34(25-37(50-40)30-16-14-29(28-46)15-17-30)27-45-24-8-9-33(45)26-44-22-6-7-23-44/h4-5,10-11,14-21,33-34,37,40,46H,1-3,6-9,12-13,22-28,41H2,(H,42,47)(H,43,48). The van der Waals surface area contributed by atoms with Crippen LogP contribution in [-0.4, -0.2) is 71.6 Å². The molecule has 3 aliphatic heterocycles. The van der Waals surface area contributed by atoms with Gasteiger partial charge in [-0.2, -0.15) is 0 Å². The number of aliphatic hydroxyl groups excluding tert-OH is 1. The van der Waals surface area contributed by atoms with Crippen LogP contribution in [0, 0.1) is 0 Å². The first-order valence-corrected chi connectivity index (χ1v) is 18.4. The van der Waals surface area contributed by atoms with E-state index in [0.29, 0.717) is 43.1 Å². The van der Waals surface area contributed by atoms with Crippen LogP contribution in [0.5, 0.6) is 0 Å². The number of ether oxygens (including phenoxy) is 2. The molecule has 0 saturated carbocycles. The fraction of sp³-hybridized carbons (Fsp3) is 0.500. The third-order valence-corrected chi connectivity index (χ3v) is 10.2. The Balaban J connectivity index is 1.00. The van der Waals surface area contributed by atoms with Crippen molar-refractivity contribution < 1.29 is 24.2 Å². The molecule has 0 radical (unpaired) electrons. The van der Waals surface area contributed by atoms with Crippen LogP contribution in [0.1, 0.15) is 93.3 Å². The van der Waals surface area contributed by atoms with Crippen molar-refractivity contribution in [1.29, 1.82) is 0 Å². The molecule has 10 nitrogen and oxygen atoms in total. The molecule has 10 heteroatoms. The molecule has 0 aromatic heterocycles. The molecule has 6 rings (SSSR count). The number of anilines is 3. The Labute approximate surface area is 296 Å². The number of para-hydroxylation sites is 2. The second kappa shape index (κ2) is 17.9. The largest absolute Gasteiger partial charge is 0.397 e. The molecule has 0 spiro atoms. The van der Waals surface area contributed by atoms with Gasteiger partial charge in [-0.05, 0) is 93.6 Å². The Bertz CT molecular complexity index is 1530. The van der Waals surface area contributed by atoms with E-state index < -0.39 is 6.29 Å². The van der Waals surface area contributed by atoms with Gasteiger partial charge in [0.15, 0.2) is 6.29 Å². The van der Waals surface area contributed by atoms with Crippen molar-refractivity contribution in [2.45, 2.75) is 95.4 Å². The Kier molecular flexibility index (Phi) is 12.9. The molecule has 3 aromatic carbocycles. The SMILES string of the molecule is Nc1ccccc1NC(=O)CCCCCC(=O)Nc1ccc(C2OC(CN3CCCC3CN3CCCC3)CC(c3ccc(CO)cc3)O2)cc1. The molecule has 3 saturated heterocycles. The number of amides is 2. The van der Waals surface area contributed by atoms with Crippen LogP contribution in [0.4, 0.5) is 17.1 Å². The summed E-state index contributed by atoms with van der Waals surface area (Å²) < 4.78 is 13.2. The number of aliphatic hydroxyl groups is 1. The summed E-state index contributed by atoms with van der Waals surface area (Å²) in [5.41, 5.74) is 10.7. The summed E-state index contributed by atoms with van der Waals surface area (Å²) in [6.07, 6.45) is 8.16. The maximum absolute atomic E-state index is 12.7. The average Bonchev–Trinajstić information content (AvgIpc) is 3.82. The summed E-state index contributed by atoms with van der Waals surface area (Å²) in [7, 11) is 0. The van der Waals surface area contributed by atoms with Crippen LogP contribution >= 0.6 is 0 Å². The quantitative estimate of drug-likeness (QED) is 0.107. The van der Waals surface area contributed by atoms with Crippen LogP contribution in [0.3, 0.4) is 0 Å². The number of nitrogen functional groups attached to an aromatic ring is 1. The Morgan fingerprint density at radius 3 is 2.20 bits per heavy atom. The van der Waals surface area contributed by atoms with E-state index in [9.17, 15) is 14.7 Å². The van der Waals surface area contributed by atoms with Crippen molar-refractivity contribution in [2.24, 2.45) is 0 Å². The zero-order valence-corrected chi connectivity index (χ0v) is 29.1. The van der Waals surface area contributed by atoms with Crippen molar-refractivity contribution in [2.75, 3.05) is 49.1 Å². The molecule has 3 fully saturated rings. The topological polar surface area (TPSA) is 129 Å². The van der Waals surface area contributed by atoms with E-state index in [0.717, 1.165) is 54.9 Å². The first-order chi connectivity index (χ1) is 24.4. The van der Waals surface area contributed by atoms with Crippen molar-refractivity contribution in [1.82, 2.24) is 9.80 Å². The predicted molar refractivity (Wildman–Crippen MR) is 196 cm³/mol. The number of nitrogens with one attached hydrogen (secondary N) is 2. The fourth-order valence-electron chi connectivity index (χ4n) is 7.42. The minimum atomic E-state index is -0.531. The van der Waals surface area contributed by atoms with Crippen LogP contribution in [-0.2, 0) is 25.7 Å². The Morgan fingerprint density at radius 2 is 1.48 bits per heavy atom. The lowest BCUT2D eigenvalue weighted by Crippen LogP contribution is -2.45. The third-order valence-electron chi connectivity index (χ3n) is 10.2. The van der Waals surface area contributed by atoms with E-state index in [1.807, 2.05) is 48.5 Å². The lowest BCUT2D eigenvalue weighted by Gasteiger charge is -2.39. The first kappa shape index (κ1) is 36.0. The molecule has 3 heterocycles. The number of carbonyl (C=O) groups excluding carboxylic acids is 2. The number of likely N-dealkylation sites (tertiary alicyclic amines) is 2. The summed E-state index contributed by atoms with van der Waals surface area (Å²) >= 11 is 0. The summed E-state index contributed by atoms with van der Waals surface area (Å²) in [6.45, 7) is 5.58. The highest BCUT2D eigenvalue weighted by atomic mass is 16.7. The number of hydrogen-bond donors (Lipinski definition) is 4. The second-order valence-corrected chi connectivity index (χ2v) is 14.0. The normalized spacial score (nSPS) is 22.8. The summed E-state index contributed by atoms with van der Waals surface area (Å²) in [6, 6.07) is 23.5. The molecule has 0 aliphatic carbocycles. The number of benzene rings is 3. The van der Waals surface area contributed by atoms with Gasteiger partial charge in [-0.3, -0.25) is 14.5 Å². The van der Waals surface area contributed by atoms with E-state index in [1.165, 1.54) is 38.8 Å². The molecule has 50 heavy (non-hydrogen) atoms. The van der Waals surface area contributed by atoms with Crippen molar-refractivity contribution in [3.05, 3.63) is 89.5 Å². The zero-order valence-electron chi connectivity index (χ0n) is 29.1. The van der Waals surface area contributed by atoms with Gasteiger partial charge in [-0.15, -0.1) is 0 Å². The first-order valence-electron chi connectivity index (χ1n) is 18.4. The third kappa shape index (κ3) is 10.1. The molecule has 5 N–H and O–H groups in total. The number of unbranched alkanes of at least 4 members (excludes halogenated alkanes) is 2. The van der Waals surface area contributed by atoms with Gasteiger partial charge in [-0.25, -0.2) is 0 Å². The molecule has 3 aliphatic rings. The van der Waals surface area contributed by atoms with Gasteiger partial charge in [0.25, 0.3) is 0 Å². The highest BCUT2D eigenvalue weighted by Gasteiger charge is 2.36. The van der Waals surface area contributed by atoms with Crippen LogP contribution in [0.25, 0.3) is 0 Å². The molecule has 4 unspecified atom stereocenters. The number of carbonyl (C=O) groups is 2. The highest BCUT2D eigenvalue weighted by Crippen LogP contribution is 2.39. The number of nitrogens with zero attached hydrogens (tertiary/aromatic N) is 2. The van der Waals surface area contributed by atoms with Crippen molar-refractivity contribution >= 4 is 28.9 Å². The van der Waals surface area contributed by atoms with E-state index in [2.05, 4.69) is 32.6 Å². The monoisotopic (exact) mass is 683 g/mol. The summed E-state index contributed by atoms with van der Waals surface area (Å²) in [5.74, 6) is -0.127. The summed E-state index contributed by atoms with van der Waals surface area (Å²) in [5, 5.41) is 15.4. The van der Waals surface area contributed by atoms with Crippen LogP contribution in [0.2, 0.25) is 0 Å².